The smallest absolute Gasteiger partial charge is 0.340 e. The Morgan fingerprint density at radius 3 is 2.11 bits per heavy atom. The minimum Gasteiger partial charge on any atom is -0.497 e. The molecule has 1 aliphatic carbocycles. The van der Waals surface area contributed by atoms with Crippen LogP contribution in [0.2, 0.25) is 0 Å². The zero-order valence-corrected chi connectivity index (χ0v) is 20.3. The Bertz CT molecular complexity index is 1110. The molecule has 0 heterocycles. The van der Waals surface area contributed by atoms with Gasteiger partial charge in [0.15, 0.2) is 18.1 Å². The summed E-state index contributed by atoms with van der Waals surface area (Å²) in [5, 5.41) is 2.77. The van der Waals surface area contributed by atoms with E-state index in [0.29, 0.717) is 17.1 Å². The summed E-state index contributed by atoms with van der Waals surface area (Å²) in [6.07, 6.45) is 3.51. The van der Waals surface area contributed by atoms with Gasteiger partial charge in [-0.1, -0.05) is 12.8 Å². The summed E-state index contributed by atoms with van der Waals surface area (Å²) in [5.41, 5.74) is 4.89. The molecule has 1 fully saturated rings. The fourth-order valence-corrected chi connectivity index (χ4v) is 3.76. The molecule has 11 nitrogen and oxygen atoms in total. The third-order valence-corrected chi connectivity index (χ3v) is 5.73. The van der Waals surface area contributed by atoms with Crippen molar-refractivity contribution in [3.63, 3.8) is 0 Å². The minimum atomic E-state index is -0.866. The molecule has 0 unspecified atom stereocenters. The average molecular weight is 500 g/mol. The number of benzene rings is 2. The van der Waals surface area contributed by atoms with E-state index in [1.165, 1.54) is 45.6 Å². The van der Waals surface area contributed by atoms with Crippen LogP contribution in [0.5, 0.6) is 17.2 Å². The predicted molar refractivity (Wildman–Crippen MR) is 129 cm³/mol. The van der Waals surface area contributed by atoms with Crippen LogP contribution in [-0.4, -0.2) is 51.6 Å². The first-order chi connectivity index (χ1) is 17.4. The molecule has 2 aromatic rings. The van der Waals surface area contributed by atoms with Gasteiger partial charge in [0.2, 0.25) is 5.91 Å². The predicted octanol–water partition coefficient (Wildman–Crippen LogP) is 2.46. The van der Waals surface area contributed by atoms with Crippen LogP contribution in [0.15, 0.2) is 36.4 Å². The molecule has 2 aromatic carbocycles. The number of methoxy groups -OCH3 is 3. The maximum atomic E-state index is 12.8. The number of rotatable bonds is 9. The standard InChI is InChI=1S/C25H29N3O8/c1-33-17-10-8-16(9-11-17)24(31)28-27-22(29)14-36-25(32)18-12-20(34-2)21(35-3)13-19(18)26-23(30)15-6-4-5-7-15/h8-13,15H,4-7,14H2,1-3H3,(H,26,30)(H,27,29)(H,28,31). The molecular weight excluding hydrogens is 470 g/mol. The maximum absolute atomic E-state index is 12.8. The molecule has 192 valence electrons. The summed E-state index contributed by atoms with van der Waals surface area (Å²) in [4.78, 5) is 49.8. The lowest BCUT2D eigenvalue weighted by molar-refractivity contribution is -0.125. The number of hydrogen-bond donors (Lipinski definition) is 3. The molecule has 11 heteroatoms. The molecule has 0 aliphatic heterocycles. The Morgan fingerprint density at radius 2 is 1.50 bits per heavy atom. The zero-order chi connectivity index (χ0) is 26.1. The van der Waals surface area contributed by atoms with Crippen LogP contribution < -0.4 is 30.4 Å². The van der Waals surface area contributed by atoms with E-state index in [4.69, 9.17) is 18.9 Å². The van der Waals surface area contributed by atoms with Gasteiger partial charge in [0.05, 0.1) is 32.6 Å². The van der Waals surface area contributed by atoms with Crippen molar-refractivity contribution >= 4 is 29.4 Å². The molecule has 1 aliphatic rings. The summed E-state index contributed by atoms with van der Waals surface area (Å²) in [6.45, 7) is -0.675. The molecule has 3 N–H and O–H groups in total. The van der Waals surface area contributed by atoms with E-state index in [9.17, 15) is 19.2 Å². The quantitative estimate of drug-likeness (QED) is 0.353. The third kappa shape index (κ3) is 6.65. The molecule has 0 aromatic heterocycles. The number of amides is 3. The van der Waals surface area contributed by atoms with Crippen molar-refractivity contribution in [3.8, 4) is 17.2 Å². The summed E-state index contributed by atoms with van der Waals surface area (Å²) in [6, 6.07) is 9.10. The second-order valence-corrected chi connectivity index (χ2v) is 8.03. The highest BCUT2D eigenvalue weighted by atomic mass is 16.5. The van der Waals surface area contributed by atoms with Gasteiger partial charge in [-0.3, -0.25) is 25.2 Å². The van der Waals surface area contributed by atoms with E-state index in [0.717, 1.165) is 25.7 Å². The van der Waals surface area contributed by atoms with Crippen LogP contribution in [0.1, 0.15) is 46.4 Å². The van der Waals surface area contributed by atoms with Crippen LogP contribution >= 0.6 is 0 Å². The maximum Gasteiger partial charge on any atom is 0.340 e. The van der Waals surface area contributed by atoms with Crippen molar-refractivity contribution in [1.29, 1.82) is 0 Å². The lowest BCUT2D eigenvalue weighted by atomic mass is 10.1. The molecule has 36 heavy (non-hydrogen) atoms. The fraction of sp³-hybridized carbons (Fsp3) is 0.360. The first kappa shape index (κ1) is 26.3. The number of hydrogen-bond acceptors (Lipinski definition) is 8. The molecule has 3 amide bonds. The SMILES string of the molecule is COc1ccc(C(=O)NNC(=O)COC(=O)c2cc(OC)c(OC)cc2NC(=O)C2CCCC2)cc1. The van der Waals surface area contributed by atoms with Gasteiger partial charge in [0, 0.05) is 23.6 Å². The number of esters is 1. The number of nitrogens with one attached hydrogen (secondary N) is 3. The Labute approximate surface area is 208 Å². The molecule has 3 rings (SSSR count). The Morgan fingerprint density at radius 1 is 0.861 bits per heavy atom. The molecular formula is C25H29N3O8. The fourth-order valence-electron chi connectivity index (χ4n) is 3.76. The summed E-state index contributed by atoms with van der Waals surface area (Å²) >= 11 is 0. The van der Waals surface area contributed by atoms with Crippen LogP contribution in [-0.2, 0) is 14.3 Å². The minimum absolute atomic E-state index is 0.00550. The number of ether oxygens (including phenoxy) is 4. The van der Waals surface area contributed by atoms with Crippen LogP contribution in [0.25, 0.3) is 0 Å². The van der Waals surface area contributed by atoms with E-state index in [1.807, 2.05) is 0 Å². The van der Waals surface area contributed by atoms with Gasteiger partial charge in [-0.25, -0.2) is 4.79 Å². The highest BCUT2D eigenvalue weighted by Crippen LogP contribution is 2.35. The van der Waals surface area contributed by atoms with Gasteiger partial charge in [0.25, 0.3) is 11.8 Å². The second-order valence-electron chi connectivity index (χ2n) is 8.03. The lowest BCUT2D eigenvalue weighted by Gasteiger charge is -2.17. The summed E-state index contributed by atoms with van der Waals surface area (Å²) in [7, 11) is 4.34. The van der Waals surface area contributed by atoms with E-state index in [2.05, 4.69) is 16.2 Å². The van der Waals surface area contributed by atoms with Crippen LogP contribution in [0.3, 0.4) is 0 Å². The van der Waals surface area contributed by atoms with Gasteiger partial charge >= 0.3 is 5.97 Å². The summed E-state index contributed by atoms with van der Waals surface area (Å²) in [5.74, 6) is -1.38. The largest absolute Gasteiger partial charge is 0.497 e. The van der Waals surface area contributed by atoms with Gasteiger partial charge < -0.3 is 24.3 Å². The van der Waals surface area contributed by atoms with Crippen molar-refractivity contribution in [2.75, 3.05) is 33.3 Å². The molecule has 0 radical (unpaired) electrons. The highest BCUT2D eigenvalue weighted by molar-refractivity contribution is 6.03. The normalized spacial score (nSPS) is 12.9. The Balaban J connectivity index is 1.62. The Hall–Kier alpha value is -4.28. The van der Waals surface area contributed by atoms with Gasteiger partial charge in [-0.2, -0.15) is 0 Å². The van der Waals surface area contributed by atoms with Crippen LogP contribution in [0, 0.1) is 5.92 Å². The van der Waals surface area contributed by atoms with Gasteiger partial charge in [-0.15, -0.1) is 0 Å². The van der Waals surface area contributed by atoms with Crippen LogP contribution in [0.4, 0.5) is 5.69 Å². The topological polar surface area (TPSA) is 141 Å². The lowest BCUT2D eigenvalue weighted by Crippen LogP contribution is -2.43. The first-order valence-corrected chi connectivity index (χ1v) is 11.3. The molecule has 0 atom stereocenters. The second kappa shape index (κ2) is 12.4. The molecule has 0 saturated heterocycles. The first-order valence-electron chi connectivity index (χ1n) is 11.3. The zero-order valence-electron chi connectivity index (χ0n) is 20.3. The average Bonchev–Trinajstić information content (AvgIpc) is 3.45. The van der Waals surface area contributed by atoms with E-state index in [1.54, 1.807) is 12.1 Å². The van der Waals surface area contributed by atoms with Crippen molar-refractivity contribution < 1.29 is 38.1 Å². The number of carbonyl (C=O) groups is 4. The number of hydrazine groups is 1. The monoisotopic (exact) mass is 499 g/mol. The Kier molecular flexibility index (Phi) is 9.09. The highest BCUT2D eigenvalue weighted by Gasteiger charge is 2.26. The van der Waals surface area contributed by atoms with E-state index < -0.39 is 24.4 Å². The molecule has 1 saturated carbocycles. The summed E-state index contributed by atoms with van der Waals surface area (Å²) < 4.78 is 20.7. The van der Waals surface area contributed by atoms with Crippen molar-refractivity contribution in [1.82, 2.24) is 10.9 Å². The number of anilines is 1. The van der Waals surface area contributed by atoms with Crippen molar-refractivity contribution in [2.45, 2.75) is 25.7 Å². The molecule has 0 bridgehead atoms. The van der Waals surface area contributed by atoms with Gasteiger partial charge in [0.1, 0.15) is 5.75 Å². The number of carbonyl (C=O) groups excluding carboxylic acids is 4. The third-order valence-electron chi connectivity index (χ3n) is 5.73. The molecule has 0 spiro atoms. The van der Waals surface area contributed by atoms with Crippen molar-refractivity contribution in [3.05, 3.63) is 47.5 Å². The van der Waals surface area contributed by atoms with E-state index in [-0.39, 0.29) is 28.8 Å². The van der Waals surface area contributed by atoms with Crippen molar-refractivity contribution in [2.24, 2.45) is 5.92 Å². The van der Waals surface area contributed by atoms with E-state index >= 15 is 0 Å². The van der Waals surface area contributed by atoms with Gasteiger partial charge in [-0.05, 0) is 37.1 Å².